The molecule has 20 nitrogen and oxygen atoms in total. The predicted octanol–water partition coefficient (Wildman–Crippen LogP) is 1.08. The first-order valence-electron chi connectivity index (χ1n) is 18.3. The van der Waals surface area contributed by atoms with Crippen molar-refractivity contribution in [3.8, 4) is 0 Å². The van der Waals surface area contributed by atoms with Gasteiger partial charge in [-0.3, -0.25) is 9.59 Å². The second kappa shape index (κ2) is 17.6. The third-order valence-corrected chi connectivity index (χ3v) is 9.72. The lowest BCUT2D eigenvalue weighted by Crippen LogP contribution is -2.34. The average molecular weight is 813 g/mol. The van der Waals surface area contributed by atoms with Gasteiger partial charge in [-0.05, 0) is 37.1 Å². The molecule has 20 heteroatoms. The second-order valence-corrected chi connectivity index (χ2v) is 13.7. The zero-order valence-corrected chi connectivity index (χ0v) is 31.6. The smallest absolute Gasteiger partial charge is 0.338 e. The van der Waals surface area contributed by atoms with Crippen LogP contribution in [-0.2, 0) is 28.4 Å². The van der Waals surface area contributed by atoms with E-state index in [2.05, 4.69) is 20.2 Å². The van der Waals surface area contributed by atoms with Crippen LogP contribution in [0.4, 0.5) is 0 Å². The Morgan fingerprint density at radius 2 is 1.10 bits per heavy atom. The fourth-order valence-corrected chi connectivity index (χ4v) is 6.63. The lowest BCUT2D eigenvalue weighted by molar-refractivity contribution is -0.156. The van der Waals surface area contributed by atoms with E-state index in [9.17, 15) is 29.4 Å². The summed E-state index contributed by atoms with van der Waals surface area (Å²) in [5.41, 5.74) is 13.7. The van der Waals surface area contributed by atoms with Crippen molar-refractivity contribution in [2.24, 2.45) is 11.5 Å². The van der Waals surface area contributed by atoms with Crippen LogP contribution in [0, 0.1) is 13.8 Å². The van der Waals surface area contributed by atoms with Gasteiger partial charge in [0.1, 0.15) is 62.5 Å². The molecule has 5 aromatic rings. The summed E-state index contributed by atoms with van der Waals surface area (Å²) in [7, 11) is 0. The minimum atomic E-state index is -1.35. The van der Waals surface area contributed by atoms with Gasteiger partial charge in [0.15, 0.2) is 18.7 Å². The molecule has 308 valence electrons. The van der Waals surface area contributed by atoms with Crippen LogP contribution in [0.25, 0.3) is 0 Å². The summed E-state index contributed by atoms with van der Waals surface area (Å²) >= 11 is 0. The van der Waals surface area contributed by atoms with Crippen LogP contribution >= 0.6 is 0 Å². The molecule has 3 unspecified atom stereocenters. The molecule has 9 atom stereocenters. The van der Waals surface area contributed by atoms with E-state index >= 15 is 0 Å². The Bertz CT molecular complexity index is 2300. The first-order valence-corrected chi connectivity index (χ1v) is 18.3. The molecule has 3 aromatic carbocycles. The van der Waals surface area contributed by atoms with Gasteiger partial charge in [0, 0.05) is 5.56 Å². The van der Waals surface area contributed by atoms with Crippen molar-refractivity contribution in [3.05, 3.63) is 131 Å². The Morgan fingerprint density at radius 1 is 0.627 bits per heavy atom. The molecule has 6 N–H and O–H groups in total. The van der Waals surface area contributed by atoms with E-state index < -0.39 is 79.1 Å². The molecule has 59 heavy (non-hydrogen) atoms. The van der Waals surface area contributed by atoms with E-state index in [1.807, 2.05) is 49.4 Å². The van der Waals surface area contributed by atoms with Crippen LogP contribution in [0.1, 0.15) is 77.4 Å². The molecular weight excluding hydrogens is 772 g/mol. The molecule has 0 bridgehead atoms. The summed E-state index contributed by atoms with van der Waals surface area (Å²) in [5, 5.41) is 28.2. The number of aryl methyl sites for hydroxylation is 2. The lowest BCUT2D eigenvalue weighted by Gasteiger charge is -2.20. The summed E-state index contributed by atoms with van der Waals surface area (Å²) in [6.45, 7) is 3.30. The summed E-state index contributed by atoms with van der Waals surface area (Å²) < 4.78 is 37.1. The Hall–Kier alpha value is -6.42. The molecule has 3 fully saturated rings. The molecule has 8 rings (SSSR count). The molecule has 2 aromatic heterocycles. The summed E-state index contributed by atoms with van der Waals surface area (Å²) in [6, 6.07) is 23.6. The van der Waals surface area contributed by atoms with Gasteiger partial charge in [-0.25, -0.2) is 28.9 Å². The Kier molecular flexibility index (Phi) is 12.2. The minimum absolute atomic E-state index is 0.0485. The highest BCUT2D eigenvalue weighted by Crippen LogP contribution is 2.44. The number of esters is 2. The molecule has 3 aliphatic heterocycles. The number of nitrogens with zero attached hydrogens (tertiary/aromatic N) is 6. The van der Waals surface area contributed by atoms with Crippen LogP contribution < -0.4 is 11.5 Å². The van der Waals surface area contributed by atoms with Crippen molar-refractivity contribution >= 4 is 23.8 Å². The Morgan fingerprint density at radius 3 is 1.63 bits per heavy atom. The van der Waals surface area contributed by atoms with E-state index in [1.54, 1.807) is 43.3 Å². The number of primary amides is 2. The van der Waals surface area contributed by atoms with Gasteiger partial charge in [-0.1, -0.05) is 66.7 Å². The van der Waals surface area contributed by atoms with Gasteiger partial charge in [-0.2, -0.15) is 0 Å². The molecule has 0 saturated carbocycles. The molecule has 0 spiro atoms. The first kappa shape index (κ1) is 40.8. The topological polar surface area (TPSA) is 278 Å². The van der Waals surface area contributed by atoms with E-state index in [1.165, 1.54) is 11.0 Å². The van der Waals surface area contributed by atoms with Gasteiger partial charge in [-0.15, -0.1) is 10.2 Å². The van der Waals surface area contributed by atoms with Crippen LogP contribution in [0.5, 0.6) is 0 Å². The number of hydrogen-bond donors (Lipinski definition) is 4. The van der Waals surface area contributed by atoms with E-state index in [4.69, 9.17) is 39.9 Å². The van der Waals surface area contributed by atoms with Crippen molar-refractivity contribution < 1.29 is 57.8 Å². The molecule has 3 aliphatic rings. The van der Waals surface area contributed by atoms with Crippen molar-refractivity contribution in [3.63, 3.8) is 0 Å². The third kappa shape index (κ3) is 8.87. The highest BCUT2D eigenvalue weighted by molar-refractivity contribution is 5.91. The fraction of sp³-hybridized carbons (Fsp3) is 0.333. The molecule has 3 saturated heterocycles. The highest BCUT2D eigenvalue weighted by Gasteiger charge is 2.54. The number of carbonyl (C=O) groups excluding carboxylic acids is 4. The van der Waals surface area contributed by atoms with Crippen LogP contribution in [0.2, 0.25) is 0 Å². The predicted molar refractivity (Wildman–Crippen MR) is 199 cm³/mol. The lowest BCUT2D eigenvalue weighted by atomic mass is 10.1. The summed E-state index contributed by atoms with van der Waals surface area (Å²) in [5.74, 6) is -2.98. The standard InChI is InChI=1S/C23H22N4O6.C16H18N4O6/c1-13-7-5-6-10-15(13)22(29)30-11-16-17-18(33-23(32-17)14-8-3-2-4-9-14)21(31-16)27-12-25-20(26-27)19(24)28;1-8-4-2-3-5-9(8)16(24)25-6-10-11(21)12(22)15(26-10)20-7-18-14(19-20)13(17)23/h2-10,12,16-18,21,23H,11H2,1H3,(H2,24,28);2-5,7,10-12,15,21-22H,6H2,1H3,(H2,17,23)/t16-,17?,18?,21-,23?;10-,11-,12-,15-/m11/s1. The zero-order valence-electron chi connectivity index (χ0n) is 31.6. The monoisotopic (exact) mass is 812 g/mol. The molecular formula is C39H40N8O12. The number of nitrogens with two attached hydrogens (primary N) is 2. The number of ether oxygens (including phenoxy) is 6. The minimum Gasteiger partial charge on any atom is -0.459 e. The number of amides is 2. The maximum atomic E-state index is 12.6. The molecule has 0 radical (unpaired) electrons. The van der Waals surface area contributed by atoms with Crippen molar-refractivity contribution in [2.45, 2.75) is 69.2 Å². The third-order valence-electron chi connectivity index (χ3n) is 9.72. The maximum absolute atomic E-state index is 12.6. The van der Waals surface area contributed by atoms with Gasteiger partial charge in [0.2, 0.25) is 11.6 Å². The Labute approximate surface area is 335 Å². The van der Waals surface area contributed by atoms with Gasteiger partial charge in [0.05, 0.1) is 11.1 Å². The Balaban J connectivity index is 0.000000185. The second-order valence-electron chi connectivity index (χ2n) is 13.7. The van der Waals surface area contributed by atoms with Crippen molar-refractivity contribution in [2.75, 3.05) is 13.2 Å². The van der Waals surface area contributed by atoms with Gasteiger partial charge >= 0.3 is 11.9 Å². The van der Waals surface area contributed by atoms with Crippen LogP contribution in [-0.4, -0.2) is 113 Å². The molecule has 2 amide bonds. The quantitative estimate of drug-likeness (QED) is 0.136. The summed E-state index contributed by atoms with van der Waals surface area (Å²) in [4.78, 5) is 54.8. The maximum Gasteiger partial charge on any atom is 0.338 e. The number of carbonyl (C=O) groups is 4. The molecule has 0 aliphatic carbocycles. The van der Waals surface area contributed by atoms with Crippen LogP contribution in [0.15, 0.2) is 91.5 Å². The zero-order chi connectivity index (χ0) is 41.8. The van der Waals surface area contributed by atoms with E-state index in [0.29, 0.717) is 11.1 Å². The number of benzene rings is 3. The number of hydrogen-bond acceptors (Lipinski definition) is 16. The first-order chi connectivity index (χ1) is 28.4. The van der Waals surface area contributed by atoms with E-state index in [-0.39, 0.29) is 24.9 Å². The average Bonchev–Trinajstić information content (AvgIpc) is 4.08. The number of fused-ring (bicyclic) bond motifs is 1. The van der Waals surface area contributed by atoms with Crippen molar-refractivity contribution in [1.82, 2.24) is 29.5 Å². The number of aliphatic hydroxyl groups is 2. The SMILES string of the molecule is Cc1ccccc1C(=O)OC[C@H]1O[C@@H](n2cnc(C(N)=O)n2)C2OC(c3ccccc3)OC21.Cc1ccccc1C(=O)OC[C@H]1O[C@@H](n2cnc(C(N)=O)n2)[C@H](O)[C@@H]1O. The van der Waals surface area contributed by atoms with Gasteiger partial charge in [0.25, 0.3) is 11.8 Å². The number of aromatic nitrogens is 6. The van der Waals surface area contributed by atoms with Gasteiger partial charge < -0.3 is 50.1 Å². The number of aliphatic hydroxyl groups excluding tert-OH is 2. The molecule has 5 heterocycles. The largest absolute Gasteiger partial charge is 0.459 e. The highest BCUT2D eigenvalue weighted by atomic mass is 16.8. The van der Waals surface area contributed by atoms with E-state index in [0.717, 1.165) is 27.7 Å². The van der Waals surface area contributed by atoms with Crippen LogP contribution in [0.3, 0.4) is 0 Å². The normalized spacial score (nSPS) is 25.7. The fourth-order valence-electron chi connectivity index (χ4n) is 6.63. The summed E-state index contributed by atoms with van der Waals surface area (Å²) in [6.07, 6.45) is -5.31. The van der Waals surface area contributed by atoms with Crippen molar-refractivity contribution in [1.29, 1.82) is 0 Å². The number of rotatable bonds is 11.